The first-order chi connectivity index (χ1) is 11.6. The normalized spacial score (nSPS) is 14.8. The van der Waals surface area contributed by atoms with E-state index in [0.717, 1.165) is 0 Å². The summed E-state index contributed by atoms with van der Waals surface area (Å²) in [5, 5.41) is 9.18. The Balaban J connectivity index is 1.75. The van der Waals surface area contributed by atoms with Gasteiger partial charge in [0.1, 0.15) is 29.2 Å². The van der Waals surface area contributed by atoms with Crippen LogP contribution in [0.15, 0.2) is 24.4 Å². The van der Waals surface area contributed by atoms with Crippen LogP contribution >= 0.6 is 0 Å². The van der Waals surface area contributed by atoms with Crippen LogP contribution in [0.4, 0.5) is 20.4 Å². The second-order valence-corrected chi connectivity index (χ2v) is 5.46. The molecule has 0 N–H and O–H groups in total. The molecule has 124 valence electrons. The van der Waals surface area contributed by atoms with Gasteiger partial charge in [-0.3, -0.25) is 0 Å². The molecule has 3 rings (SSSR count). The lowest BCUT2D eigenvalue weighted by atomic mass is 10.2. The number of alkyl halides is 2. The molecule has 1 saturated heterocycles. The topological polar surface area (TPSA) is 68.9 Å². The van der Waals surface area contributed by atoms with Gasteiger partial charge in [-0.25, -0.2) is 23.7 Å². The molecule has 0 unspecified atom stereocenters. The van der Waals surface area contributed by atoms with Crippen LogP contribution in [0.2, 0.25) is 0 Å². The molecule has 0 saturated carbocycles. The lowest BCUT2D eigenvalue weighted by molar-refractivity contribution is 0.145. The van der Waals surface area contributed by atoms with Crippen molar-refractivity contribution in [2.45, 2.75) is 13.3 Å². The minimum absolute atomic E-state index is 0.253. The molecule has 6 nitrogen and oxygen atoms in total. The average molecular weight is 330 g/mol. The third-order valence-corrected chi connectivity index (χ3v) is 3.88. The molecule has 2 aromatic rings. The highest BCUT2D eigenvalue weighted by atomic mass is 19.3. The van der Waals surface area contributed by atoms with Crippen LogP contribution in [-0.2, 0) is 0 Å². The number of anilines is 2. The zero-order valence-corrected chi connectivity index (χ0v) is 13.2. The number of aromatic nitrogens is 3. The lowest BCUT2D eigenvalue weighted by Gasteiger charge is -2.36. The molecular weight excluding hydrogens is 314 g/mol. The number of piperazine rings is 1. The van der Waals surface area contributed by atoms with Gasteiger partial charge >= 0.3 is 0 Å². The van der Waals surface area contributed by atoms with E-state index in [2.05, 4.69) is 21.0 Å². The maximum absolute atomic E-state index is 12.9. The van der Waals surface area contributed by atoms with Crippen LogP contribution in [0.5, 0.6) is 0 Å². The van der Waals surface area contributed by atoms with Gasteiger partial charge in [0.25, 0.3) is 6.43 Å². The van der Waals surface area contributed by atoms with E-state index in [0.29, 0.717) is 49.2 Å². The summed E-state index contributed by atoms with van der Waals surface area (Å²) < 4.78 is 25.8. The molecule has 1 aliphatic heterocycles. The van der Waals surface area contributed by atoms with Crippen molar-refractivity contribution >= 4 is 11.6 Å². The first-order valence-electron chi connectivity index (χ1n) is 7.57. The monoisotopic (exact) mass is 330 g/mol. The van der Waals surface area contributed by atoms with Crippen molar-refractivity contribution < 1.29 is 8.78 Å². The van der Waals surface area contributed by atoms with E-state index < -0.39 is 6.43 Å². The number of hydrogen-bond acceptors (Lipinski definition) is 6. The molecular formula is C16H16F2N6. The summed E-state index contributed by atoms with van der Waals surface area (Å²) in [6, 6.07) is 6.95. The molecule has 0 spiro atoms. The Morgan fingerprint density at radius 3 is 2.54 bits per heavy atom. The Bertz CT molecular complexity index is 765. The fourth-order valence-electron chi connectivity index (χ4n) is 2.73. The first-order valence-corrected chi connectivity index (χ1v) is 7.57. The van der Waals surface area contributed by atoms with Crippen molar-refractivity contribution in [3.8, 4) is 6.07 Å². The number of pyridine rings is 1. The van der Waals surface area contributed by atoms with Crippen molar-refractivity contribution in [2.24, 2.45) is 0 Å². The Morgan fingerprint density at radius 1 is 1.17 bits per heavy atom. The predicted octanol–water partition coefficient (Wildman–Crippen LogP) is 2.32. The number of aryl methyl sites for hydroxylation is 1. The summed E-state index contributed by atoms with van der Waals surface area (Å²) in [5.41, 5.74) is 0.278. The Labute approximate surface area is 138 Å². The molecule has 1 fully saturated rings. The van der Waals surface area contributed by atoms with Crippen LogP contribution in [0.3, 0.4) is 0 Å². The van der Waals surface area contributed by atoms with E-state index in [9.17, 15) is 14.0 Å². The van der Waals surface area contributed by atoms with Gasteiger partial charge in [-0.1, -0.05) is 0 Å². The largest absolute Gasteiger partial charge is 0.353 e. The molecule has 24 heavy (non-hydrogen) atoms. The van der Waals surface area contributed by atoms with Crippen molar-refractivity contribution in [2.75, 3.05) is 36.0 Å². The molecule has 0 radical (unpaired) electrons. The van der Waals surface area contributed by atoms with Crippen molar-refractivity contribution in [3.63, 3.8) is 0 Å². The van der Waals surface area contributed by atoms with E-state index >= 15 is 0 Å². The van der Waals surface area contributed by atoms with Gasteiger partial charge in [-0.05, 0) is 19.1 Å². The predicted molar refractivity (Wildman–Crippen MR) is 85.1 cm³/mol. The van der Waals surface area contributed by atoms with Crippen LogP contribution < -0.4 is 9.80 Å². The minimum atomic E-state index is -2.61. The van der Waals surface area contributed by atoms with Gasteiger partial charge in [0.05, 0.1) is 5.56 Å². The number of nitrogens with zero attached hydrogens (tertiary/aromatic N) is 6. The summed E-state index contributed by atoms with van der Waals surface area (Å²) in [4.78, 5) is 16.3. The van der Waals surface area contributed by atoms with Gasteiger partial charge in [0, 0.05) is 38.4 Å². The van der Waals surface area contributed by atoms with Gasteiger partial charge < -0.3 is 9.80 Å². The second kappa shape index (κ2) is 6.74. The summed E-state index contributed by atoms with van der Waals surface area (Å²) in [6.07, 6.45) is -0.955. The molecule has 8 heteroatoms. The van der Waals surface area contributed by atoms with Gasteiger partial charge in [-0.2, -0.15) is 5.26 Å². The summed E-state index contributed by atoms with van der Waals surface area (Å²) in [7, 11) is 0. The van der Waals surface area contributed by atoms with Crippen LogP contribution in [0.1, 0.15) is 23.5 Å². The van der Waals surface area contributed by atoms with E-state index in [4.69, 9.17) is 0 Å². The Hall–Kier alpha value is -2.82. The third kappa shape index (κ3) is 3.25. The first kappa shape index (κ1) is 16.1. The summed E-state index contributed by atoms with van der Waals surface area (Å²) >= 11 is 0. The number of hydrogen-bond donors (Lipinski definition) is 0. The van der Waals surface area contributed by atoms with Gasteiger partial charge in [0.15, 0.2) is 0 Å². The minimum Gasteiger partial charge on any atom is -0.353 e. The molecule has 3 heterocycles. The lowest BCUT2D eigenvalue weighted by Crippen LogP contribution is -2.47. The second-order valence-electron chi connectivity index (χ2n) is 5.46. The fourth-order valence-corrected chi connectivity index (χ4v) is 2.73. The number of rotatable bonds is 3. The van der Waals surface area contributed by atoms with Gasteiger partial charge in [-0.15, -0.1) is 0 Å². The zero-order chi connectivity index (χ0) is 17.1. The Morgan fingerprint density at radius 2 is 1.88 bits per heavy atom. The van der Waals surface area contributed by atoms with E-state index in [1.165, 1.54) is 6.07 Å². The van der Waals surface area contributed by atoms with Crippen LogP contribution in [0, 0.1) is 18.3 Å². The maximum atomic E-state index is 12.9. The number of halogens is 2. The van der Waals surface area contributed by atoms with E-state index in [-0.39, 0.29) is 5.69 Å². The molecule has 0 atom stereocenters. The highest BCUT2D eigenvalue weighted by molar-refractivity contribution is 5.55. The van der Waals surface area contributed by atoms with Crippen LogP contribution in [0.25, 0.3) is 0 Å². The van der Waals surface area contributed by atoms with Crippen molar-refractivity contribution in [3.05, 3.63) is 41.5 Å². The highest BCUT2D eigenvalue weighted by Gasteiger charge is 2.22. The zero-order valence-electron chi connectivity index (χ0n) is 13.2. The highest BCUT2D eigenvalue weighted by Crippen LogP contribution is 2.24. The maximum Gasteiger partial charge on any atom is 0.280 e. The third-order valence-electron chi connectivity index (χ3n) is 3.88. The smallest absolute Gasteiger partial charge is 0.280 e. The molecule has 2 aromatic heterocycles. The summed E-state index contributed by atoms with van der Waals surface area (Å²) in [6.45, 7) is 4.11. The molecule has 0 bridgehead atoms. The van der Waals surface area contributed by atoms with E-state index in [1.807, 2.05) is 9.80 Å². The van der Waals surface area contributed by atoms with Crippen molar-refractivity contribution in [1.29, 1.82) is 5.26 Å². The van der Waals surface area contributed by atoms with Crippen molar-refractivity contribution in [1.82, 2.24) is 15.0 Å². The summed E-state index contributed by atoms with van der Waals surface area (Å²) in [5.74, 6) is 1.51. The molecule has 0 amide bonds. The average Bonchev–Trinajstić information content (AvgIpc) is 2.61. The molecule has 0 aromatic carbocycles. The molecule has 1 aliphatic rings. The quantitative estimate of drug-likeness (QED) is 0.860. The van der Waals surface area contributed by atoms with Crippen LogP contribution in [-0.4, -0.2) is 41.1 Å². The van der Waals surface area contributed by atoms with E-state index in [1.54, 1.807) is 25.3 Å². The standard InChI is InChI=1S/C16H16F2N6/c1-11-21-13(15(17)18)9-14(22-11)23-5-7-24(8-6-23)16-12(10-19)3-2-4-20-16/h2-4,9,15H,5-8H2,1H3. The SMILES string of the molecule is Cc1nc(C(F)F)cc(N2CCN(c3ncccc3C#N)CC2)n1. The fraction of sp³-hybridized carbons (Fsp3) is 0.375. The molecule has 0 aliphatic carbocycles. The van der Waals surface area contributed by atoms with Gasteiger partial charge in [0.2, 0.25) is 0 Å². The number of nitriles is 1. The Kier molecular flexibility index (Phi) is 4.51.